The van der Waals surface area contributed by atoms with Gasteiger partial charge in [-0.3, -0.25) is 4.21 Å². The van der Waals surface area contributed by atoms with Crippen LogP contribution < -0.4 is 5.32 Å². The molecule has 80 valence electrons. The first-order valence-corrected chi connectivity index (χ1v) is 6.32. The maximum absolute atomic E-state index is 10.8. The highest BCUT2D eigenvalue weighted by Crippen LogP contribution is 1.98. The fourth-order valence-electron chi connectivity index (χ4n) is 1.05. The molecule has 0 bridgehead atoms. The van der Waals surface area contributed by atoms with E-state index in [9.17, 15) is 4.21 Å². The first kappa shape index (κ1) is 11.4. The van der Waals surface area contributed by atoms with Crippen molar-refractivity contribution in [3.8, 4) is 0 Å². The highest BCUT2D eigenvalue weighted by molar-refractivity contribution is 7.84. The molecule has 5 heteroatoms. The SMILES string of the molecule is CC(CCS(C)=O)NCc1cnco1. The smallest absolute Gasteiger partial charge is 0.180 e. The minimum Gasteiger partial charge on any atom is -0.447 e. The lowest BCUT2D eigenvalue weighted by atomic mass is 10.2. The highest BCUT2D eigenvalue weighted by atomic mass is 32.2. The van der Waals surface area contributed by atoms with Gasteiger partial charge in [0.05, 0.1) is 12.7 Å². The van der Waals surface area contributed by atoms with Crippen molar-refractivity contribution in [1.29, 1.82) is 0 Å². The summed E-state index contributed by atoms with van der Waals surface area (Å²) in [7, 11) is -0.702. The third-order valence-corrected chi connectivity index (χ3v) is 2.76. The summed E-state index contributed by atoms with van der Waals surface area (Å²) >= 11 is 0. The maximum Gasteiger partial charge on any atom is 0.180 e. The van der Waals surface area contributed by atoms with Crippen molar-refractivity contribution < 1.29 is 8.63 Å². The molecule has 1 aromatic rings. The molecule has 14 heavy (non-hydrogen) atoms. The number of oxazole rings is 1. The second kappa shape index (κ2) is 5.93. The molecular formula is C9H16N2O2S. The van der Waals surface area contributed by atoms with Crippen LogP contribution in [0.2, 0.25) is 0 Å². The first-order valence-electron chi connectivity index (χ1n) is 4.59. The molecule has 0 radical (unpaired) electrons. The molecule has 0 spiro atoms. The van der Waals surface area contributed by atoms with Gasteiger partial charge in [-0.15, -0.1) is 0 Å². The quantitative estimate of drug-likeness (QED) is 0.768. The number of hydrogen-bond donors (Lipinski definition) is 1. The van der Waals surface area contributed by atoms with Crippen molar-refractivity contribution in [2.75, 3.05) is 12.0 Å². The Hall–Kier alpha value is -0.680. The molecule has 2 unspecified atom stereocenters. The van der Waals surface area contributed by atoms with Crippen LogP contribution >= 0.6 is 0 Å². The van der Waals surface area contributed by atoms with Crippen LogP contribution in [-0.2, 0) is 17.3 Å². The molecule has 1 N–H and O–H groups in total. The van der Waals surface area contributed by atoms with Crippen LogP contribution in [0, 0.1) is 0 Å². The molecule has 0 amide bonds. The van der Waals surface area contributed by atoms with Crippen molar-refractivity contribution in [3.05, 3.63) is 18.4 Å². The van der Waals surface area contributed by atoms with Crippen molar-refractivity contribution in [1.82, 2.24) is 10.3 Å². The molecule has 0 aromatic carbocycles. The summed E-state index contributed by atoms with van der Waals surface area (Å²) in [6.45, 7) is 2.75. The molecule has 1 aromatic heterocycles. The molecule has 2 atom stereocenters. The molecular weight excluding hydrogens is 200 g/mol. The second-order valence-corrected chi connectivity index (χ2v) is 4.87. The molecule has 0 saturated heterocycles. The van der Waals surface area contributed by atoms with E-state index < -0.39 is 10.8 Å². The van der Waals surface area contributed by atoms with Gasteiger partial charge in [-0.25, -0.2) is 4.98 Å². The van der Waals surface area contributed by atoms with E-state index in [4.69, 9.17) is 4.42 Å². The summed E-state index contributed by atoms with van der Waals surface area (Å²) in [4.78, 5) is 3.82. The molecule has 1 heterocycles. The van der Waals surface area contributed by atoms with E-state index >= 15 is 0 Å². The Bertz CT molecular complexity index is 274. The third-order valence-electron chi connectivity index (χ3n) is 1.95. The first-order chi connectivity index (χ1) is 6.68. The summed E-state index contributed by atoms with van der Waals surface area (Å²) in [6.07, 6.45) is 5.75. The van der Waals surface area contributed by atoms with Gasteiger partial charge in [-0.05, 0) is 13.3 Å². The van der Waals surface area contributed by atoms with Crippen molar-refractivity contribution in [2.24, 2.45) is 0 Å². The fraction of sp³-hybridized carbons (Fsp3) is 0.667. The zero-order valence-corrected chi connectivity index (χ0v) is 9.34. The lowest BCUT2D eigenvalue weighted by Gasteiger charge is -2.11. The minimum absolute atomic E-state index is 0.351. The van der Waals surface area contributed by atoms with E-state index in [-0.39, 0.29) is 0 Å². The fourth-order valence-corrected chi connectivity index (χ4v) is 1.73. The highest BCUT2D eigenvalue weighted by Gasteiger charge is 2.03. The van der Waals surface area contributed by atoms with Crippen LogP contribution in [0.1, 0.15) is 19.1 Å². The molecule has 0 saturated carbocycles. The van der Waals surface area contributed by atoms with Gasteiger partial charge >= 0.3 is 0 Å². The lowest BCUT2D eigenvalue weighted by molar-refractivity contribution is 0.448. The Labute approximate surface area is 86.6 Å². The predicted octanol–water partition coefficient (Wildman–Crippen LogP) is 0.921. The van der Waals surface area contributed by atoms with Crippen LogP contribution in [0.5, 0.6) is 0 Å². The van der Waals surface area contributed by atoms with Gasteiger partial charge in [-0.1, -0.05) is 0 Å². The summed E-state index contributed by atoms with van der Waals surface area (Å²) in [5, 5.41) is 3.27. The number of rotatable bonds is 6. The van der Waals surface area contributed by atoms with Gasteiger partial charge in [-0.2, -0.15) is 0 Å². The summed E-state index contributed by atoms with van der Waals surface area (Å²) < 4.78 is 15.9. The molecule has 0 aliphatic rings. The Morgan fingerprint density at radius 1 is 1.71 bits per heavy atom. The molecule has 0 aliphatic heterocycles. The van der Waals surface area contributed by atoms with E-state index in [2.05, 4.69) is 17.2 Å². The van der Waals surface area contributed by atoms with E-state index in [1.807, 2.05) is 0 Å². The van der Waals surface area contributed by atoms with E-state index in [1.54, 1.807) is 12.5 Å². The lowest BCUT2D eigenvalue weighted by Crippen LogP contribution is -2.26. The van der Waals surface area contributed by atoms with Crippen LogP contribution in [-0.4, -0.2) is 27.2 Å². The van der Waals surface area contributed by atoms with E-state index in [0.29, 0.717) is 12.6 Å². The van der Waals surface area contributed by atoms with Crippen LogP contribution in [0.25, 0.3) is 0 Å². The maximum atomic E-state index is 10.8. The number of hydrogen-bond acceptors (Lipinski definition) is 4. The second-order valence-electron chi connectivity index (χ2n) is 3.32. The normalized spacial score (nSPS) is 15.3. The zero-order valence-electron chi connectivity index (χ0n) is 8.53. The average Bonchev–Trinajstić information content (AvgIpc) is 2.63. The molecule has 0 fully saturated rings. The zero-order chi connectivity index (χ0) is 10.4. The number of aromatic nitrogens is 1. The Morgan fingerprint density at radius 3 is 3.07 bits per heavy atom. The molecule has 1 rings (SSSR count). The van der Waals surface area contributed by atoms with Gasteiger partial charge in [0.25, 0.3) is 0 Å². The Morgan fingerprint density at radius 2 is 2.50 bits per heavy atom. The Kier molecular flexibility index (Phi) is 4.82. The van der Waals surface area contributed by atoms with Crippen LogP contribution in [0.4, 0.5) is 0 Å². The summed E-state index contributed by atoms with van der Waals surface area (Å²) in [5.41, 5.74) is 0. The summed E-state index contributed by atoms with van der Waals surface area (Å²) in [6, 6.07) is 0.351. The monoisotopic (exact) mass is 216 g/mol. The van der Waals surface area contributed by atoms with Gasteiger partial charge < -0.3 is 9.73 Å². The van der Waals surface area contributed by atoms with Crippen molar-refractivity contribution in [2.45, 2.75) is 25.9 Å². The topological polar surface area (TPSA) is 55.1 Å². The van der Waals surface area contributed by atoms with Gasteiger partial charge in [0.1, 0.15) is 5.76 Å². The van der Waals surface area contributed by atoms with Crippen LogP contribution in [0.15, 0.2) is 17.0 Å². The predicted molar refractivity (Wildman–Crippen MR) is 56.4 cm³/mol. The van der Waals surface area contributed by atoms with Crippen molar-refractivity contribution in [3.63, 3.8) is 0 Å². The Balaban J connectivity index is 2.15. The van der Waals surface area contributed by atoms with Crippen molar-refractivity contribution >= 4 is 10.8 Å². The largest absolute Gasteiger partial charge is 0.447 e. The minimum atomic E-state index is -0.702. The summed E-state index contributed by atoms with van der Waals surface area (Å²) in [5.74, 6) is 1.57. The average molecular weight is 216 g/mol. The van der Waals surface area contributed by atoms with Crippen LogP contribution in [0.3, 0.4) is 0 Å². The molecule has 4 nitrogen and oxygen atoms in total. The number of nitrogens with zero attached hydrogens (tertiary/aromatic N) is 1. The van der Waals surface area contributed by atoms with E-state index in [0.717, 1.165) is 17.9 Å². The molecule has 0 aliphatic carbocycles. The van der Waals surface area contributed by atoms with Gasteiger partial charge in [0.15, 0.2) is 6.39 Å². The van der Waals surface area contributed by atoms with E-state index in [1.165, 1.54) is 6.39 Å². The van der Waals surface area contributed by atoms with Gasteiger partial charge in [0.2, 0.25) is 0 Å². The number of nitrogens with one attached hydrogen (secondary N) is 1. The standard InChI is InChI=1S/C9H16N2O2S/c1-8(3-4-14(2)12)11-6-9-5-10-7-13-9/h5,7-8,11H,3-4,6H2,1-2H3. The van der Waals surface area contributed by atoms with Gasteiger partial charge in [0, 0.05) is 28.9 Å². The third kappa shape index (κ3) is 4.53.